The summed E-state index contributed by atoms with van der Waals surface area (Å²) in [4.78, 5) is 10.6. The summed E-state index contributed by atoms with van der Waals surface area (Å²) in [5.41, 5.74) is 5.05. The van der Waals surface area contributed by atoms with E-state index in [2.05, 4.69) is 5.43 Å². The summed E-state index contributed by atoms with van der Waals surface area (Å²) in [5, 5.41) is 8.68. The van der Waals surface area contributed by atoms with Gasteiger partial charge in [0.2, 0.25) is 0 Å². The molecule has 1 rings (SSSR count). The van der Waals surface area contributed by atoms with E-state index >= 15 is 0 Å². The SMILES string of the molecule is CCc1cccc(CC(=O)O)c1NN. The van der Waals surface area contributed by atoms with Crippen LogP contribution in [0.4, 0.5) is 5.69 Å². The molecule has 0 saturated heterocycles. The second-order valence-electron chi connectivity index (χ2n) is 3.02. The summed E-state index contributed by atoms with van der Waals surface area (Å²) in [5.74, 6) is 4.51. The van der Waals surface area contributed by atoms with Crippen LogP contribution >= 0.6 is 0 Å². The minimum atomic E-state index is -0.852. The number of carboxylic acid groups (broad SMARTS) is 1. The molecule has 0 bridgehead atoms. The summed E-state index contributed by atoms with van der Waals surface area (Å²) in [6.07, 6.45) is 0.820. The Morgan fingerprint density at radius 2 is 2.14 bits per heavy atom. The molecule has 4 nitrogen and oxygen atoms in total. The number of anilines is 1. The predicted molar refractivity (Wildman–Crippen MR) is 55.0 cm³/mol. The van der Waals surface area contributed by atoms with Crippen molar-refractivity contribution in [1.29, 1.82) is 0 Å². The molecule has 0 spiro atoms. The summed E-state index contributed by atoms with van der Waals surface area (Å²) >= 11 is 0. The van der Waals surface area contributed by atoms with Gasteiger partial charge in [-0.15, -0.1) is 0 Å². The van der Waals surface area contributed by atoms with Gasteiger partial charge in [-0.1, -0.05) is 25.1 Å². The molecule has 0 heterocycles. The van der Waals surface area contributed by atoms with E-state index in [0.29, 0.717) is 0 Å². The number of carbonyl (C=O) groups is 1. The number of hydrogen-bond acceptors (Lipinski definition) is 3. The lowest BCUT2D eigenvalue weighted by Crippen LogP contribution is -2.13. The molecule has 76 valence electrons. The molecule has 0 aromatic heterocycles. The van der Waals surface area contributed by atoms with E-state index in [0.717, 1.165) is 23.2 Å². The summed E-state index contributed by atoms with van der Waals surface area (Å²) < 4.78 is 0. The average molecular weight is 194 g/mol. The van der Waals surface area contributed by atoms with Crippen molar-refractivity contribution in [1.82, 2.24) is 0 Å². The quantitative estimate of drug-likeness (QED) is 0.496. The lowest BCUT2D eigenvalue weighted by Gasteiger charge is -2.11. The molecule has 0 atom stereocenters. The standard InChI is InChI=1S/C10H14N2O2/c1-2-7-4-3-5-8(6-9(13)14)10(7)12-11/h3-5,12H,2,6,11H2,1H3,(H,13,14). The van der Waals surface area contributed by atoms with Crippen molar-refractivity contribution in [3.63, 3.8) is 0 Å². The molecule has 1 aromatic carbocycles. The third-order valence-electron chi connectivity index (χ3n) is 2.10. The van der Waals surface area contributed by atoms with Gasteiger partial charge in [0, 0.05) is 0 Å². The molecule has 0 aliphatic rings. The minimum Gasteiger partial charge on any atom is -0.481 e. The van der Waals surface area contributed by atoms with Crippen LogP contribution < -0.4 is 11.3 Å². The van der Waals surface area contributed by atoms with Crippen LogP contribution in [0, 0.1) is 0 Å². The van der Waals surface area contributed by atoms with Crippen molar-refractivity contribution in [2.75, 3.05) is 5.43 Å². The van der Waals surface area contributed by atoms with Crippen molar-refractivity contribution in [2.45, 2.75) is 19.8 Å². The maximum absolute atomic E-state index is 10.6. The first kappa shape index (κ1) is 10.5. The van der Waals surface area contributed by atoms with Gasteiger partial charge in [0.15, 0.2) is 0 Å². The van der Waals surface area contributed by atoms with Gasteiger partial charge in [-0.25, -0.2) is 0 Å². The smallest absolute Gasteiger partial charge is 0.307 e. The molecule has 0 aliphatic heterocycles. The summed E-state index contributed by atoms with van der Waals surface area (Å²) in [6.45, 7) is 2.00. The topological polar surface area (TPSA) is 75.3 Å². The van der Waals surface area contributed by atoms with Crippen molar-refractivity contribution < 1.29 is 9.90 Å². The van der Waals surface area contributed by atoms with Crippen molar-refractivity contribution >= 4 is 11.7 Å². The molecule has 1 aromatic rings. The number of rotatable bonds is 4. The molecule has 0 saturated carbocycles. The second-order valence-corrected chi connectivity index (χ2v) is 3.02. The molecule has 0 radical (unpaired) electrons. The molecular weight excluding hydrogens is 180 g/mol. The highest BCUT2D eigenvalue weighted by Gasteiger charge is 2.08. The molecule has 14 heavy (non-hydrogen) atoms. The van der Waals surface area contributed by atoms with Crippen molar-refractivity contribution in [3.8, 4) is 0 Å². The van der Waals surface area contributed by atoms with E-state index in [1.54, 1.807) is 6.07 Å². The first-order valence-electron chi connectivity index (χ1n) is 4.48. The first-order chi connectivity index (χ1) is 6.69. The van der Waals surface area contributed by atoms with Crippen LogP contribution in [0.3, 0.4) is 0 Å². The molecule has 0 fully saturated rings. The lowest BCUT2D eigenvalue weighted by molar-refractivity contribution is -0.136. The number of aliphatic carboxylic acids is 1. The van der Waals surface area contributed by atoms with Crippen molar-refractivity contribution in [3.05, 3.63) is 29.3 Å². The van der Waals surface area contributed by atoms with Gasteiger partial charge < -0.3 is 10.5 Å². The Morgan fingerprint density at radius 3 is 2.64 bits per heavy atom. The fourth-order valence-electron chi connectivity index (χ4n) is 1.44. The van der Waals surface area contributed by atoms with Crippen LogP contribution in [0.1, 0.15) is 18.1 Å². The van der Waals surface area contributed by atoms with E-state index in [1.807, 2.05) is 19.1 Å². The fraction of sp³-hybridized carbons (Fsp3) is 0.300. The summed E-state index contributed by atoms with van der Waals surface area (Å²) in [7, 11) is 0. The molecule has 0 aliphatic carbocycles. The number of benzene rings is 1. The number of hydrogen-bond donors (Lipinski definition) is 3. The second kappa shape index (κ2) is 4.62. The van der Waals surface area contributed by atoms with Gasteiger partial charge in [0.25, 0.3) is 0 Å². The number of carboxylic acids is 1. The zero-order valence-electron chi connectivity index (χ0n) is 8.08. The molecule has 0 amide bonds. The van der Waals surface area contributed by atoms with Crippen LogP contribution in [-0.4, -0.2) is 11.1 Å². The third kappa shape index (κ3) is 2.23. The zero-order valence-corrected chi connectivity index (χ0v) is 8.08. The van der Waals surface area contributed by atoms with Crippen LogP contribution in [0.5, 0.6) is 0 Å². The highest BCUT2D eigenvalue weighted by atomic mass is 16.4. The van der Waals surface area contributed by atoms with Crippen molar-refractivity contribution in [2.24, 2.45) is 5.84 Å². The average Bonchev–Trinajstić information content (AvgIpc) is 2.16. The minimum absolute atomic E-state index is 0.00657. The molecule has 4 heteroatoms. The number of nitrogens with two attached hydrogens (primary N) is 1. The van der Waals surface area contributed by atoms with Crippen LogP contribution in [-0.2, 0) is 17.6 Å². The van der Waals surface area contributed by atoms with Gasteiger partial charge in [0.05, 0.1) is 12.1 Å². The Labute approximate surface area is 82.7 Å². The molecule has 4 N–H and O–H groups in total. The van der Waals surface area contributed by atoms with Gasteiger partial charge >= 0.3 is 5.97 Å². The lowest BCUT2D eigenvalue weighted by atomic mass is 10.0. The predicted octanol–water partition coefficient (Wildman–Crippen LogP) is 1.16. The number of para-hydroxylation sites is 1. The van der Waals surface area contributed by atoms with E-state index < -0.39 is 5.97 Å². The van der Waals surface area contributed by atoms with E-state index in [4.69, 9.17) is 10.9 Å². The van der Waals surface area contributed by atoms with Crippen LogP contribution in [0.2, 0.25) is 0 Å². The Morgan fingerprint density at radius 1 is 1.50 bits per heavy atom. The highest BCUT2D eigenvalue weighted by Crippen LogP contribution is 2.21. The van der Waals surface area contributed by atoms with E-state index in [1.165, 1.54) is 0 Å². The third-order valence-corrected chi connectivity index (χ3v) is 2.10. The van der Waals surface area contributed by atoms with Crippen LogP contribution in [0.25, 0.3) is 0 Å². The Balaban J connectivity index is 3.08. The highest BCUT2D eigenvalue weighted by molar-refractivity contribution is 5.74. The molecular formula is C10H14N2O2. The first-order valence-corrected chi connectivity index (χ1v) is 4.48. The maximum Gasteiger partial charge on any atom is 0.307 e. The monoisotopic (exact) mass is 194 g/mol. The van der Waals surface area contributed by atoms with Crippen LogP contribution in [0.15, 0.2) is 18.2 Å². The normalized spacial score (nSPS) is 9.86. The zero-order chi connectivity index (χ0) is 10.6. The van der Waals surface area contributed by atoms with Gasteiger partial charge in [-0.2, -0.15) is 0 Å². The molecule has 0 unspecified atom stereocenters. The van der Waals surface area contributed by atoms with Gasteiger partial charge in [0.1, 0.15) is 0 Å². The number of nitrogens with one attached hydrogen (secondary N) is 1. The Kier molecular flexibility index (Phi) is 3.48. The van der Waals surface area contributed by atoms with Gasteiger partial charge in [-0.3, -0.25) is 10.6 Å². The number of hydrazine groups is 1. The Hall–Kier alpha value is -1.55. The number of aryl methyl sites for hydroxylation is 1. The fourth-order valence-corrected chi connectivity index (χ4v) is 1.44. The van der Waals surface area contributed by atoms with E-state index in [9.17, 15) is 4.79 Å². The maximum atomic E-state index is 10.6. The number of nitrogen functional groups attached to an aromatic ring is 1. The Bertz CT molecular complexity index is 337. The van der Waals surface area contributed by atoms with E-state index in [-0.39, 0.29) is 6.42 Å². The van der Waals surface area contributed by atoms with Gasteiger partial charge in [-0.05, 0) is 17.5 Å². The largest absolute Gasteiger partial charge is 0.481 e. The summed E-state index contributed by atoms with van der Waals surface area (Å²) in [6, 6.07) is 5.54.